The highest BCUT2D eigenvalue weighted by atomic mass is 16.4. The molecule has 82 valence electrons. The average molecular weight is 211 g/mol. The molecule has 1 aromatic carbocycles. The second-order valence-corrected chi connectivity index (χ2v) is 2.67. The van der Waals surface area contributed by atoms with E-state index >= 15 is 0 Å². The van der Waals surface area contributed by atoms with Gasteiger partial charge in [0.15, 0.2) is 0 Å². The highest BCUT2D eigenvalue weighted by Crippen LogP contribution is 2.08. The van der Waals surface area contributed by atoms with Crippen molar-refractivity contribution < 1.29 is 19.8 Å². The number of carboxylic acid groups (broad SMARTS) is 1. The zero-order valence-corrected chi connectivity index (χ0v) is 8.30. The predicted octanol–water partition coefficient (Wildman–Crippen LogP) is 0.972. The Balaban J connectivity index is 0.000000336. The van der Waals surface area contributed by atoms with Crippen LogP contribution in [0.2, 0.25) is 0 Å². The van der Waals surface area contributed by atoms with Crippen LogP contribution >= 0.6 is 0 Å². The van der Waals surface area contributed by atoms with Crippen LogP contribution in [0.3, 0.4) is 0 Å². The number of benzene rings is 1. The number of aromatic carboxylic acids is 1. The summed E-state index contributed by atoms with van der Waals surface area (Å²) >= 11 is 0. The van der Waals surface area contributed by atoms with Crippen molar-refractivity contribution in [1.82, 2.24) is 0 Å². The Bertz CT molecular complexity index is 332. The van der Waals surface area contributed by atoms with Crippen LogP contribution < -0.4 is 5.73 Å². The Hall–Kier alpha value is -2.04. The van der Waals surface area contributed by atoms with Gasteiger partial charge in [-0.15, -0.1) is 0 Å². The summed E-state index contributed by atoms with van der Waals surface area (Å²) in [5.41, 5.74) is 4.83. The van der Waals surface area contributed by atoms with Crippen molar-refractivity contribution >= 4 is 11.9 Å². The number of amides is 1. The van der Waals surface area contributed by atoms with E-state index in [9.17, 15) is 9.59 Å². The molecule has 0 bridgehead atoms. The van der Waals surface area contributed by atoms with Crippen molar-refractivity contribution in [3.05, 3.63) is 29.8 Å². The maximum absolute atomic E-state index is 10.2. The van der Waals surface area contributed by atoms with Crippen molar-refractivity contribution in [2.24, 2.45) is 5.73 Å². The summed E-state index contributed by atoms with van der Waals surface area (Å²) in [4.78, 5) is 19.8. The molecule has 5 nitrogen and oxygen atoms in total. The first-order valence-corrected chi connectivity index (χ1v) is 4.28. The van der Waals surface area contributed by atoms with E-state index in [1.807, 2.05) is 0 Å². The Morgan fingerprint density at radius 1 is 1.27 bits per heavy atom. The fourth-order valence-electron chi connectivity index (χ4n) is 0.604. The Morgan fingerprint density at radius 2 is 1.67 bits per heavy atom. The smallest absolute Gasteiger partial charge is 0.335 e. The van der Waals surface area contributed by atoms with Gasteiger partial charge in [0, 0.05) is 6.42 Å². The Kier molecular flexibility index (Phi) is 5.55. The first-order chi connectivity index (χ1) is 6.97. The zero-order chi connectivity index (χ0) is 11.8. The summed E-state index contributed by atoms with van der Waals surface area (Å²) in [6.45, 7) is 1.72. The Labute approximate surface area is 87.1 Å². The molecule has 0 atom stereocenters. The van der Waals surface area contributed by atoms with Crippen LogP contribution in [-0.2, 0) is 4.79 Å². The van der Waals surface area contributed by atoms with Gasteiger partial charge in [-0.25, -0.2) is 4.79 Å². The summed E-state index contributed by atoms with van der Waals surface area (Å²) in [5, 5.41) is 17.1. The third kappa shape index (κ3) is 6.09. The van der Waals surface area contributed by atoms with Crippen LogP contribution in [0, 0.1) is 0 Å². The number of nitrogens with two attached hydrogens (primary N) is 1. The summed E-state index contributed by atoms with van der Waals surface area (Å²) in [5.74, 6) is -1.16. The lowest BCUT2D eigenvalue weighted by Crippen LogP contribution is -2.06. The Morgan fingerprint density at radius 3 is 1.93 bits per heavy atom. The largest absolute Gasteiger partial charge is 0.508 e. The molecule has 0 fully saturated rings. The second kappa shape index (κ2) is 6.42. The van der Waals surface area contributed by atoms with E-state index in [1.54, 1.807) is 6.92 Å². The molecule has 5 heteroatoms. The molecule has 1 amide bonds. The van der Waals surface area contributed by atoms with E-state index < -0.39 is 5.97 Å². The monoisotopic (exact) mass is 211 g/mol. The SMILES string of the molecule is CCC(N)=O.O=C(O)c1ccc(O)cc1. The third-order valence-corrected chi connectivity index (χ3v) is 1.46. The van der Waals surface area contributed by atoms with Crippen molar-refractivity contribution in [2.75, 3.05) is 0 Å². The molecule has 0 spiro atoms. The minimum Gasteiger partial charge on any atom is -0.508 e. The molecule has 0 unspecified atom stereocenters. The van der Waals surface area contributed by atoms with E-state index in [2.05, 4.69) is 5.73 Å². The number of carboxylic acids is 1. The molecule has 15 heavy (non-hydrogen) atoms. The first kappa shape index (κ1) is 13.0. The second-order valence-electron chi connectivity index (χ2n) is 2.67. The maximum Gasteiger partial charge on any atom is 0.335 e. The molecule has 1 aromatic rings. The first-order valence-electron chi connectivity index (χ1n) is 4.28. The molecular weight excluding hydrogens is 198 g/mol. The lowest BCUT2D eigenvalue weighted by molar-refractivity contribution is -0.117. The normalized spacial score (nSPS) is 8.60. The molecule has 0 heterocycles. The molecule has 0 aromatic heterocycles. The summed E-state index contributed by atoms with van der Waals surface area (Å²) in [6, 6.07) is 5.36. The van der Waals surface area contributed by atoms with Gasteiger partial charge in [-0.2, -0.15) is 0 Å². The standard InChI is InChI=1S/C7H6O3.C3H7NO/c8-6-3-1-5(2-4-6)7(9)10;1-2-3(4)5/h1-4,8H,(H,9,10);2H2,1H3,(H2,4,5). The summed E-state index contributed by atoms with van der Waals surface area (Å²) in [7, 11) is 0. The van der Waals surface area contributed by atoms with Crippen LogP contribution in [0.5, 0.6) is 5.75 Å². The maximum atomic E-state index is 10.2. The highest BCUT2D eigenvalue weighted by molar-refractivity contribution is 5.87. The molecule has 4 N–H and O–H groups in total. The van der Waals surface area contributed by atoms with Gasteiger partial charge in [-0.1, -0.05) is 6.92 Å². The number of aromatic hydroxyl groups is 1. The van der Waals surface area contributed by atoms with E-state index in [0.29, 0.717) is 6.42 Å². The van der Waals surface area contributed by atoms with Crippen molar-refractivity contribution in [3.8, 4) is 5.75 Å². The van der Waals surface area contributed by atoms with E-state index in [0.717, 1.165) is 0 Å². The van der Waals surface area contributed by atoms with Crippen molar-refractivity contribution in [1.29, 1.82) is 0 Å². The molecule has 0 saturated heterocycles. The van der Waals surface area contributed by atoms with Gasteiger partial charge in [-0.3, -0.25) is 4.79 Å². The van der Waals surface area contributed by atoms with Gasteiger partial charge in [0.05, 0.1) is 5.56 Å². The lowest BCUT2D eigenvalue weighted by atomic mass is 10.2. The topological polar surface area (TPSA) is 101 Å². The highest BCUT2D eigenvalue weighted by Gasteiger charge is 1.99. The van der Waals surface area contributed by atoms with Crippen LogP contribution in [0.25, 0.3) is 0 Å². The van der Waals surface area contributed by atoms with Gasteiger partial charge < -0.3 is 15.9 Å². The van der Waals surface area contributed by atoms with Gasteiger partial charge in [0.1, 0.15) is 5.75 Å². The van der Waals surface area contributed by atoms with Crippen LogP contribution in [0.4, 0.5) is 0 Å². The van der Waals surface area contributed by atoms with Crippen molar-refractivity contribution in [2.45, 2.75) is 13.3 Å². The third-order valence-electron chi connectivity index (χ3n) is 1.46. The average Bonchev–Trinajstić information content (AvgIpc) is 2.19. The molecule has 0 saturated carbocycles. The van der Waals surface area contributed by atoms with E-state index in [4.69, 9.17) is 10.2 Å². The molecule has 1 rings (SSSR count). The van der Waals surface area contributed by atoms with Gasteiger partial charge in [-0.05, 0) is 24.3 Å². The molecule has 0 aliphatic heterocycles. The summed E-state index contributed by atoms with van der Waals surface area (Å²) in [6.07, 6.45) is 0.444. The molecule has 0 radical (unpaired) electrons. The van der Waals surface area contributed by atoms with Gasteiger partial charge in [0.25, 0.3) is 0 Å². The summed E-state index contributed by atoms with van der Waals surface area (Å²) < 4.78 is 0. The number of carbonyl (C=O) groups excluding carboxylic acids is 1. The molecular formula is C10H13NO4. The fraction of sp³-hybridized carbons (Fsp3) is 0.200. The lowest BCUT2D eigenvalue weighted by Gasteiger charge is -1.92. The van der Waals surface area contributed by atoms with Gasteiger partial charge in [0.2, 0.25) is 5.91 Å². The quantitative estimate of drug-likeness (QED) is 0.678. The van der Waals surface area contributed by atoms with Crippen molar-refractivity contribution in [3.63, 3.8) is 0 Å². The van der Waals surface area contributed by atoms with E-state index in [1.165, 1.54) is 24.3 Å². The number of phenolic OH excluding ortho intramolecular Hbond substituents is 1. The number of hydrogen-bond acceptors (Lipinski definition) is 3. The number of carbonyl (C=O) groups is 2. The van der Waals surface area contributed by atoms with Crippen LogP contribution in [0.1, 0.15) is 23.7 Å². The number of phenols is 1. The van der Waals surface area contributed by atoms with E-state index in [-0.39, 0.29) is 17.2 Å². The molecule has 0 aliphatic rings. The van der Waals surface area contributed by atoms with Crippen LogP contribution in [0.15, 0.2) is 24.3 Å². The number of hydrogen-bond donors (Lipinski definition) is 3. The zero-order valence-electron chi connectivity index (χ0n) is 8.30. The fourth-order valence-corrected chi connectivity index (χ4v) is 0.604. The number of primary amides is 1. The minimum absolute atomic E-state index is 0.0741. The predicted molar refractivity (Wildman–Crippen MR) is 54.6 cm³/mol. The number of rotatable bonds is 2. The van der Waals surface area contributed by atoms with Gasteiger partial charge >= 0.3 is 5.97 Å². The minimum atomic E-state index is -0.986. The molecule has 0 aliphatic carbocycles. The van der Waals surface area contributed by atoms with Crippen LogP contribution in [-0.4, -0.2) is 22.1 Å².